The van der Waals surface area contributed by atoms with Gasteiger partial charge >= 0.3 is 18.2 Å². The number of amides is 3. The number of carbonyl (C=O) groups is 3. The van der Waals surface area contributed by atoms with Gasteiger partial charge in [0.2, 0.25) is 0 Å². The Morgan fingerprint density at radius 2 is 1.90 bits per heavy atom. The van der Waals surface area contributed by atoms with Gasteiger partial charge in [0.1, 0.15) is 0 Å². The minimum atomic E-state index is -4.51. The Kier molecular flexibility index (Phi) is 5.28. The van der Waals surface area contributed by atoms with Gasteiger partial charge in [0.05, 0.1) is 12.0 Å². The third-order valence-electron chi connectivity index (χ3n) is 2.23. The molecule has 9 heteroatoms. The molecule has 0 aliphatic heterocycles. The number of esters is 1. The van der Waals surface area contributed by atoms with E-state index in [1.165, 1.54) is 6.07 Å². The van der Waals surface area contributed by atoms with Crippen molar-refractivity contribution in [2.24, 2.45) is 5.73 Å². The SMILES string of the molecule is NC(=O)NC(=O)COC(=O)Cc1cccc(C(F)(F)F)c1. The molecule has 1 aromatic carbocycles. The van der Waals surface area contributed by atoms with Crippen molar-refractivity contribution in [2.75, 3.05) is 6.61 Å². The van der Waals surface area contributed by atoms with Crippen molar-refractivity contribution in [2.45, 2.75) is 12.6 Å². The summed E-state index contributed by atoms with van der Waals surface area (Å²) in [6.07, 6.45) is -4.95. The number of halogens is 3. The molecule has 3 N–H and O–H groups in total. The van der Waals surface area contributed by atoms with Crippen LogP contribution in [-0.4, -0.2) is 24.5 Å². The zero-order valence-corrected chi connectivity index (χ0v) is 10.6. The number of alkyl halides is 3. The smallest absolute Gasteiger partial charge is 0.416 e. The summed E-state index contributed by atoms with van der Waals surface area (Å²) >= 11 is 0. The van der Waals surface area contributed by atoms with Crippen LogP contribution in [0, 0.1) is 0 Å². The van der Waals surface area contributed by atoms with Gasteiger partial charge in [-0.2, -0.15) is 13.2 Å². The van der Waals surface area contributed by atoms with Crippen LogP contribution in [-0.2, 0) is 26.9 Å². The molecule has 21 heavy (non-hydrogen) atoms. The van der Waals surface area contributed by atoms with Gasteiger partial charge in [-0.1, -0.05) is 18.2 Å². The predicted molar refractivity (Wildman–Crippen MR) is 63.8 cm³/mol. The van der Waals surface area contributed by atoms with Crippen LogP contribution in [0.3, 0.4) is 0 Å². The number of nitrogens with two attached hydrogens (primary N) is 1. The van der Waals surface area contributed by atoms with Crippen LogP contribution in [0.1, 0.15) is 11.1 Å². The van der Waals surface area contributed by atoms with Crippen molar-refractivity contribution in [3.63, 3.8) is 0 Å². The highest BCUT2D eigenvalue weighted by Crippen LogP contribution is 2.29. The Morgan fingerprint density at radius 1 is 1.24 bits per heavy atom. The number of urea groups is 1. The van der Waals surface area contributed by atoms with E-state index in [1.54, 1.807) is 5.32 Å². The molecule has 0 bridgehead atoms. The first kappa shape index (κ1) is 16.5. The monoisotopic (exact) mass is 304 g/mol. The number of rotatable bonds is 4. The maximum atomic E-state index is 12.5. The molecule has 0 aliphatic carbocycles. The molecule has 3 amide bonds. The van der Waals surface area contributed by atoms with Crippen LogP contribution in [0.4, 0.5) is 18.0 Å². The minimum absolute atomic E-state index is 0.0881. The van der Waals surface area contributed by atoms with Gasteiger partial charge in [-0.25, -0.2) is 4.79 Å². The number of ether oxygens (including phenoxy) is 1. The zero-order valence-electron chi connectivity index (χ0n) is 10.6. The Balaban J connectivity index is 2.56. The molecule has 0 saturated carbocycles. The first-order chi connectivity index (χ1) is 9.68. The Hall–Kier alpha value is -2.58. The largest absolute Gasteiger partial charge is 0.455 e. The molecule has 114 valence electrons. The van der Waals surface area contributed by atoms with E-state index < -0.39 is 42.7 Å². The maximum absolute atomic E-state index is 12.5. The van der Waals surface area contributed by atoms with E-state index >= 15 is 0 Å². The third kappa shape index (κ3) is 5.93. The second kappa shape index (κ2) is 6.73. The topological polar surface area (TPSA) is 98.5 Å². The molecular formula is C12H11F3N2O4. The summed E-state index contributed by atoms with van der Waals surface area (Å²) in [5, 5.41) is 1.66. The van der Waals surface area contributed by atoms with E-state index in [0.29, 0.717) is 0 Å². The number of hydrogen-bond donors (Lipinski definition) is 2. The van der Waals surface area contributed by atoms with Crippen molar-refractivity contribution in [1.82, 2.24) is 5.32 Å². The lowest BCUT2D eigenvalue weighted by molar-refractivity contribution is -0.147. The molecule has 1 rings (SSSR count). The average Bonchev–Trinajstić information content (AvgIpc) is 2.35. The van der Waals surface area contributed by atoms with Crippen LogP contribution in [0.15, 0.2) is 24.3 Å². The molecular weight excluding hydrogens is 293 g/mol. The first-order valence-corrected chi connectivity index (χ1v) is 5.59. The van der Waals surface area contributed by atoms with Crippen molar-refractivity contribution < 1.29 is 32.3 Å². The normalized spacial score (nSPS) is 10.8. The summed E-state index contributed by atoms with van der Waals surface area (Å²) in [5.74, 6) is -1.84. The highest BCUT2D eigenvalue weighted by atomic mass is 19.4. The lowest BCUT2D eigenvalue weighted by atomic mass is 10.1. The van der Waals surface area contributed by atoms with Crippen LogP contribution < -0.4 is 11.1 Å². The van der Waals surface area contributed by atoms with Crippen LogP contribution in [0.5, 0.6) is 0 Å². The van der Waals surface area contributed by atoms with E-state index in [1.807, 2.05) is 0 Å². The summed E-state index contributed by atoms with van der Waals surface area (Å²) in [7, 11) is 0. The van der Waals surface area contributed by atoms with Crippen molar-refractivity contribution >= 4 is 17.9 Å². The minimum Gasteiger partial charge on any atom is -0.455 e. The quantitative estimate of drug-likeness (QED) is 0.810. The van der Waals surface area contributed by atoms with Gasteiger partial charge in [-0.3, -0.25) is 14.9 Å². The van der Waals surface area contributed by atoms with Crippen molar-refractivity contribution in [3.05, 3.63) is 35.4 Å². The van der Waals surface area contributed by atoms with E-state index in [-0.39, 0.29) is 5.56 Å². The van der Waals surface area contributed by atoms with Gasteiger partial charge in [-0.05, 0) is 11.6 Å². The Bertz CT molecular complexity index is 558. The van der Waals surface area contributed by atoms with E-state index in [0.717, 1.165) is 18.2 Å². The highest BCUT2D eigenvalue weighted by molar-refractivity contribution is 5.94. The van der Waals surface area contributed by atoms with Gasteiger partial charge in [-0.15, -0.1) is 0 Å². The number of carbonyl (C=O) groups excluding carboxylic acids is 3. The highest BCUT2D eigenvalue weighted by Gasteiger charge is 2.30. The van der Waals surface area contributed by atoms with Gasteiger partial charge in [0.25, 0.3) is 5.91 Å². The molecule has 0 aromatic heterocycles. The maximum Gasteiger partial charge on any atom is 0.416 e. The molecule has 0 saturated heterocycles. The number of benzene rings is 1. The third-order valence-corrected chi connectivity index (χ3v) is 2.23. The lowest BCUT2D eigenvalue weighted by Gasteiger charge is -2.08. The van der Waals surface area contributed by atoms with Gasteiger partial charge in [0.15, 0.2) is 6.61 Å². The van der Waals surface area contributed by atoms with Gasteiger partial charge in [0, 0.05) is 0 Å². The Labute approximate surface area is 117 Å². The molecule has 0 aliphatic rings. The fourth-order valence-corrected chi connectivity index (χ4v) is 1.39. The number of hydrogen-bond acceptors (Lipinski definition) is 4. The average molecular weight is 304 g/mol. The second-order valence-electron chi connectivity index (χ2n) is 3.95. The van der Waals surface area contributed by atoms with Gasteiger partial charge < -0.3 is 10.5 Å². The fraction of sp³-hybridized carbons (Fsp3) is 0.250. The first-order valence-electron chi connectivity index (χ1n) is 5.59. The number of primary amides is 1. The van der Waals surface area contributed by atoms with Crippen LogP contribution >= 0.6 is 0 Å². The molecule has 1 aromatic rings. The molecule has 0 atom stereocenters. The summed E-state index contributed by atoms with van der Waals surface area (Å²) in [5.41, 5.74) is 3.86. The van der Waals surface area contributed by atoms with Crippen LogP contribution in [0.2, 0.25) is 0 Å². The van der Waals surface area contributed by atoms with Crippen LogP contribution in [0.25, 0.3) is 0 Å². The molecule has 0 heterocycles. The van der Waals surface area contributed by atoms with E-state index in [4.69, 9.17) is 0 Å². The standard InChI is InChI=1S/C12H11F3N2O4/c13-12(14,15)8-3-1-2-7(4-8)5-10(19)21-6-9(18)17-11(16)20/h1-4H,5-6H2,(H3,16,17,18,20). The zero-order chi connectivity index (χ0) is 16.0. The summed E-state index contributed by atoms with van der Waals surface area (Å²) < 4.78 is 41.9. The van der Waals surface area contributed by atoms with E-state index in [9.17, 15) is 27.6 Å². The lowest BCUT2D eigenvalue weighted by Crippen LogP contribution is -2.37. The number of nitrogens with one attached hydrogen (secondary N) is 1. The van der Waals surface area contributed by atoms with E-state index in [2.05, 4.69) is 10.5 Å². The molecule has 0 radical (unpaired) electrons. The number of imide groups is 1. The fourth-order valence-electron chi connectivity index (χ4n) is 1.39. The van der Waals surface area contributed by atoms with Crippen molar-refractivity contribution in [3.8, 4) is 0 Å². The molecule has 0 spiro atoms. The summed E-state index contributed by atoms with van der Waals surface area (Å²) in [4.78, 5) is 32.6. The molecule has 6 nitrogen and oxygen atoms in total. The molecule has 0 fully saturated rings. The molecule has 0 unspecified atom stereocenters. The summed E-state index contributed by atoms with van der Waals surface area (Å²) in [6.45, 7) is -0.749. The Morgan fingerprint density at radius 3 is 2.48 bits per heavy atom. The van der Waals surface area contributed by atoms with Crippen molar-refractivity contribution in [1.29, 1.82) is 0 Å². The summed E-state index contributed by atoms with van der Waals surface area (Å²) in [6, 6.07) is 3.05. The second-order valence-corrected chi connectivity index (χ2v) is 3.95. The predicted octanol–water partition coefficient (Wildman–Crippen LogP) is 0.986.